The Hall–Kier alpha value is -4.96. The molecule has 0 amide bonds. The van der Waals surface area contributed by atoms with Crippen LogP contribution in [0.3, 0.4) is 0 Å². The zero-order valence-electron chi connectivity index (χ0n) is 32.4. The number of hydrogen-bond acceptors (Lipinski definition) is 1. The maximum atomic E-state index is 6.09. The summed E-state index contributed by atoms with van der Waals surface area (Å²) in [5.74, 6) is 1.71. The van der Waals surface area contributed by atoms with E-state index in [0.29, 0.717) is 23.7 Å². The Balaban J connectivity index is 0.000000182. The van der Waals surface area contributed by atoms with E-state index in [1.165, 1.54) is 45.0 Å². The monoisotopic (exact) mass is 891 g/mol. The molecular formula is C49H48AuN3O+2. The van der Waals surface area contributed by atoms with Crippen LogP contribution in [0.4, 0.5) is 22.7 Å². The summed E-state index contributed by atoms with van der Waals surface area (Å²) in [5.41, 5.74) is 14.3. The average Bonchev–Trinajstić information content (AvgIpc) is 3.85. The van der Waals surface area contributed by atoms with Crippen molar-refractivity contribution < 1.29 is 26.8 Å². The molecule has 8 aromatic rings. The number of hydrogen-bond donors (Lipinski definition) is 0. The van der Waals surface area contributed by atoms with Crippen molar-refractivity contribution in [1.82, 2.24) is 14.1 Å². The first-order valence-electron chi connectivity index (χ1n) is 19.1. The van der Waals surface area contributed by atoms with Crippen LogP contribution in [0.5, 0.6) is 0 Å². The molecule has 0 saturated carbocycles. The number of aromatic nitrogens is 1. The molecule has 0 unspecified atom stereocenters. The molecule has 0 atom stereocenters. The van der Waals surface area contributed by atoms with Crippen molar-refractivity contribution in [3.05, 3.63) is 144 Å². The fourth-order valence-electron chi connectivity index (χ4n) is 7.98. The van der Waals surface area contributed by atoms with Gasteiger partial charge in [-0.3, -0.25) is 0 Å². The summed E-state index contributed by atoms with van der Waals surface area (Å²) >= 11 is 0. The summed E-state index contributed by atoms with van der Waals surface area (Å²) in [5, 5.41) is 4.60. The number of benzene rings is 6. The number of nitrogens with zero attached hydrogens (tertiary/aromatic N) is 3. The van der Waals surface area contributed by atoms with Gasteiger partial charge in [0.2, 0.25) is 11.4 Å². The van der Waals surface area contributed by atoms with Gasteiger partial charge in [-0.1, -0.05) is 159 Å². The minimum absolute atomic E-state index is 0. The third-order valence-corrected chi connectivity index (χ3v) is 10.6. The second-order valence-electron chi connectivity index (χ2n) is 15.5. The Morgan fingerprint density at radius 1 is 0.463 bits per heavy atom. The minimum atomic E-state index is 0. The zero-order valence-corrected chi connectivity index (χ0v) is 34.6. The van der Waals surface area contributed by atoms with Gasteiger partial charge in [-0.2, -0.15) is 0 Å². The number of rotatable bonds is 6. The molecule has 3 heterocycles. The van der Waals surface area contributed by atoms with Crippen molar-refractivity contribution >= 4 is 72.5 Å². The van der Waals surface area contributed by atoms with Crippen molar-refractivity contribution in [2.24, 2.45) is 0 Å². The van der Waals surface area contributed by atoms with Crippen molar-refractivity contribution in [2.75, 3.05) is 0 Å². The maximum absolute atomic E-state index is 6.09. The van der Waals surface area contributed by atoms with E-state index in [1.54, 1.807) is 0 Å². The van der Waals surface area contributed by atoms with E-state index in [0.717, 1.165) is 43.7 Å². The van der Waals surface area contributed by atoms with Crippen molar-refractivity contribution in [2.45, 2.75) is 79.1 Å². The normalized spacial score (nSPS) is 12.5. The summed E-state index contributed by atoms with van der Waals surface area (Å²) in [6.45, 7) is 18.3. The van der Waals surface area contributed by atoms with Crippen LogP contribution in [0.25, 0.3) is 43.7 Å². The average molecular weight is 892 g/mol. The summed E-state index contributed by atoms with van der Waals surface area (Å²) < 4.78 is 10.7. The van der Waals surface area contributed by atoms with Gasteiger partial charge in [0.1, 0.15) is 11.2 Å². The van der Waals surface area contributed by atoms with Gasteiger partial charge >= 0.3 is 28.4 Å². The number of para-hydroxylation sites is 6. The van der Waals surface area contributed by atoms with Crippen molar-refractivity contribution in [1.29, 1.82) is 0 Å². The van der Waals surface area contributed by atoms with Crippen LogP contribution < -0.4 is 14.1 Å². The van der Waals surface area contributed by atoms with E-state index in [1.807, 2.05) is 36.4 Å². The first kappa shape index (κ1) is 37.4. The molecule has 54 heavy (non-hydrogen) atoms. The van der Waals surface area contributed by atoms with E-state index in [9.17, 15) is 0 Å². The predicted molar refractivity (Wildman–Crippen MR) is 226 cm³/mol. The van der Waals surface area contributed by atoms with E-state index in [-0.39, 0.29) is 22.4 Å². The fraction of sp³-hybridized carbons (Fsp3) is 0.245. The van der Waals surface area contributed by atoms with Crippen LogP contribution in [-0.4, -0.2) is 6.01 Å². The van der Waals surface area contributed by atoms with E-state index in [2.05, 4.69) is 160 Å². The molecule has 0 saturated heterocycles. The Morgan fingerprint density at radius 3 is 1.44 bits per heavy atom. The van der Waals surface area contributed by atoms with E-state index in [4.69, 9.17) is 4.42 Å². The molecule has 5 heteroatoms. The summed E-state index contributed by atoms with van der Waals surface area (Å²) in [4.78, 5) is 4.68. The number of furan rings is 1. The summed E-state index contributed by atoms with van der Waals surface area (Å²) in [6.07, 6.45) is 0. The van der Waals surface area contributed by atoms with E-state index >= 15 is 0 Å². The van der Waals surface area contributed by atoms with Crippen molar-refractivity contribution in [3.8, 4) is 0 Å². The second kappa shape index (κ2) is 15.1. The van der Waals surface area contributed by atoms with Gasteiger partial charge in [-0.15, -0.1) is 11.0 Å². The zero-order chi connectivity index (χ0) is 37.0. The molecule has 6 aromatic carbocycles. The van der Waals surface area contributed by atoms with Crippen LogP contribution >= 0.6 is 0 Å². The van der Waals surface area contributed by atoms with Gasteiger partial charge in [0.25, 0.3) is 11.4 Å². The minimum Gasteiger partial charge on any atom is -0.657 e. The Labute approximate surface area is 334 Å². The van der Waals surface area contributed by atoms with Crippen LogP contribution in [-0.2, 0) is 22.4 Å². The van der Waals surface area contributed by atoms with Crippen LogP contribution in [0.2, 0.25) is 0 Å². The van der Waals surface area contributed by atoms with Gasteiger partial charge in [-0.05, 0) is 44.3 Å². The molecule has 274 valence electrons. The van der Waals surface area contributed by atoms with Gasteiger partial charge in [0.05, 0.1) is 0 Å². The third kappa shape index (κ3) is 6.38. The topological polar surface area (TPSA) is 33.3 Å². The molecule has 0 aliphatic carbocycles. The smallest absolute Gasteiger partial charge is 0.657 e. The molecule has 2 aromatic heterocycles. The first-order valence-corrected chi connectivity index (χ1v) is 19.1. The standard InChI is InChI=1S/C31H38N2.C18H10NO.Au/c1-20(2)24-13-11-14-25(21(3)4)30(24)32-19-33(29-18-10-9-17-28(29)32)31-26(22(5)6)15-12-16-27(31)23(7)8;1-3-7-14-13(6-1)17-15(19-14)10-9-12-11-5-2-4-8-16(11)20-18(12)17;/h9-18,20-23H,1-8H3;1-10H;/q+2;-1;+1. The molecule has 0 radical (unpaired) electrons. The molecule has 1 aliphatic rings. The maximum Gasteiger partial charge on any atom is 1.00 e. The molecule has 0 spiro atoms. The molecule has 4 nitrogen and oxygen atoms in total. The Bertz CT molecular complexity index is 2590. The van der Waals surface area contributed by atoms with Crippen LogP contribution in [0, 0.1) is 0 Å². The number of fused-ring (bicyclic) bond motifs is 8. The third-order valence-electron chi connectivity index (χ3n) is 10.6. The van der Waals surface area contributed by atoms with Gasteiger partial charge in [0.15, 0.2) is 0 Å². The van der Waals surface area contributed by atoms with Gasteiger partial charge in [-0.25, -0.2) is 0 Å². The second-order valence-corrected chi connectivity index (χ2v) is 15.5. The van der Waals surface area contributed by atoms with Crippen LogP contribution in [0.1, 0.15) is 101 Å². The molecular weight excluding hydrogens is 844 g/mol. The molecule has 1 aliphatic heterocycles. The largest absolute Gasteiger partial charge is 1.00 e. The summed E-state index contributed by atoms with van der Waals surface area (Å²) in [6, 6.07) is 46.7. The van der Waals surface area contributed by atoms with E-state index < -0.39 is 0 Å². The van der Waals surface area contributed by atoms with Crippen molar-refractivity contribution in [3.63, 3.8) is 0 Å². The first-order chi connectivity index (χ1) is 25.6. The molecule has 0 bridgehead atoms. The Kier molecular flexibility index (Phi) is 10.4. The quantitative estimate of drug-likeness (QED) is 0.123. The summed E-state index contributed by atoms with van der Waals surface area (Å²) in [7, 11) is 0. The SMILES string of the molecule is CC(C)c1cccc(C(C)C)c1[N+]1=C=[N+](c2c(C(C)C)cccc2C(C)C)c2ccccc21.[Au+].c1ccc2c(c1)[n-]c1ccc3c4ccccc4oc3c12. The van der Waals surface area contributed by atoms with Crippen LogP contribution in [0.15, 0.2) is 126 Å². The molecule has 0 fully saturated rings. The molecule has 0 N–H and O–H groups in total. The van der Waals surface area contributed by atoms with Gasteiger partial charge < -0.3 is 9.40 Å². The fourth-order valence-corrected chi connectivity index (χ4v) is 7.98. The Morgan fingerprint density at radius 2 is 0.926 bits per heavy atom. The predicted octanol–water partition coefficient (Wildman–Crippen LogP) is 13.9. The van der Waals surface area contributed by atoms with Gasteiger partial charge in [0, 0.05) is 50.5 Å². The molecule has 9 rings (SSSR count).